The van der Waals surface area contributed by atoms with Crippen LogP contribution in [0.25, 0.3) is 0 Å². The van der Waals surface area contributed by atoms with E-state index in [1.165, 1.54) is 0 Å². The summed E-state index contributed by atoms with van der Waals surface area (Å²) < 4.78 is 10.4. The van der Waals surface area contributed by atoms with Gasteiger partial charge in [-0.2, -0.15) is 0 Å². The molecular formula is C12H18O5. The van der Waals surface area contributed by atoms with E-state index in [0.717, 1.165) is 0 Å². The Hall–Kier alpha value is -1.14. The van der Waals surface area contributed by atoms with Gasteiger partial charge in [0.15, 0.2) is 0 Å². The lowest BCUT2D eigenvalue weighted by Crippen LogP contribution is -2.09. The van der Waals surface area contributed by atoms with Crippen molar-refractivity contribution in [1.82, 2.24) is 0 Å². The van der Waals surface area contributed by atoms with Gasteiger partial charge in [0.2, 0.25) is 0 Å². The van der Waals surface area contributed by atoms with Crippen molar-refractivity contribution in [2.75, 3.05) is 26.4 Å². The monoisotopic (exact) mass is 242 g/mol. The molecule has 0 atom stereocenters. The van der Waals surface area contributed by atoms with Gasteiger partial charge in [0, 0.05) is 0 Å². The minimum atomic E-state index is -0.131. The van der Waals surface area contributed by atoms with Crippen molar-refractivity contribution in [3.8, 4) is 5.75 Å². The van der Waals surface area contributed by atoms with E-state index >= 15 is 0 Å². The lowest BCUT2D eigenvalue weighted by atomic mass is 10.1. The third-order valence-electron chi connectivity index (χ3n) is 2.25. The van der Waals surface area contributed by atoms with Gasteiger partial charge in [0.1, 0.15) is 12.4 Å². The molecule has 0 aromatic heterocycles. The van der Waals surface area contributed by atoms with Crippen molar-refractivity contribution >= 4 is 0 Å². The summed E-state index contributed by atoms with van der Waals surface area (Å²) in [5, 5.41) is 26.6. The van der Waals surface area contributed by atoms with Gasteiger partial charge in [0.05, 0.1) is 33.0 Å². The summed E-state index contributed by atoms with van der Waals surface area (Å²) in [4.78, 5) is 0. The molecule has 0 bridgehead atoms. The standard InChI is InChI=1S/C12H18O5/c13-3-4-16-5-6-17-12-2-1-10(8-14)11(7-12)9-15/h1-2,7,13-15H,3-6,8-9H2. The third-order valence-corrected chi connectivity index (χ3v) is 2.25. The van der Waals surface area contributed by atoms with Crippen LogP contribution < -0.4 is 4.74 Å². The van der Waals surface area contributed by atoms with Crippen LogP contribution in [0, 0.1) is 0 Å². The zero-order valence-electron chi connectivity index (χ0n) is 9.63. The van der Waals surface area contributed by atoms with E-state index in [1.807, 2.05) is 0 Å². The molecule has 0 heterocycles. The lowest BCUT2D eigenvalue weighted by Gasteiger charge is -2.10. The Morgan fingerprint density at radius 3 is 2.29 bits per heavy atom. The number of hydrogen-bond donors (Lipinski definition) is 3. The number of aliphatic hydroxyl groups excluding tert-OH is 3. The third kappa shape index (κ3) is 4.70. The fourth-order valence-corrected chi connectivity index (χ4v) is 1.38. The zero-order chi connectivity index (χ0) is 12.5. The van der Waals surface area contributed by atoms with Crippen molar-refractivity contribution in [1.29, 1.82) is 0 Å². The molecule has 0 amide bonds. The maximum absolute atomic E-state index is 9.10. The summed E-state index contributed by atoms with van der Waals surface area (Å²) >= 11 is 0. The van der Waals surface area contributed by atoms with Crippen molar-refractivity contribution in [2.24, 2.45) is 0 Å². The van der Waals surface area contributed by atoms with Gasteiger partial charge in [-0.3, -0.25) is 0 Å². The molecule has 0 fully saturated rings. The average Bonchev–Trinajstić information content (AvgIpc) is 2.38. The van der Waals surface area contributed by atoms with Crippen molar-refractivity contribution in [3.05, 3.63) is 29.3 Å². The number of rotatable bonds is 8. The highest BCUT2D eigenvalue weighted by Crippen LogP contribution is 2.18. The van der Waals surface area contributed by atoms with Crippen molar-refractivity contribution in [2.45, 2.75) is 13.2 Å². The van der Waals surface area contributed by atoms with Gasteiger partial charge >= 0.3 is 0 Å². The Kier molecular flexibility index (Phi) is 6.57. The largest absolute Gasteiger partial charge is 0.491 e. The summed E-state index contributed by atoms with van der Waals surface area (Å²) in [5.41, 5.74) is 1.35. The Morgan fingerprint density at radius 2 is 1.65 bits per heavy atom. The van der Waals surface area contributed by atoms with Crippen LogP contribution in [0.4, 0.5) is 0 Å². The van der Waals surface area contributed by atoms with Crippen LogP contribution in [0.2, 0.25) is 0 Å². The highest BCUT2D eigenvalue weighted by Gasteiger charge is 2.03. The SMILES string of the molecule is OCCOCCOc1ccc(CO)c(CO)c1. The van der Waals surface area contributed by atoms with Gasteiger partial charge in [-0.25, -0.2) is 0 Å². The molecule has 0 saturated heterocycles. The smallest absolute Gasteiger partial charge is 0.119 e. The van der Waals surface area contributed by atoms with Crippen LogP contribution >= 0.6 is 0 Å². The average molecular weight is 242 g/mol. The molecule has 0 aliphatic carbocycles. The first-order valence-corrected chi connectivity index (χ1v) is 5.46. The summed E-state index contributed by atoms with van der Waals surface area (Å²) in [6.07, 6.45) is 0. The second-order valence-corrected chi connectivity index (χ2v) is 3.43. The molecule has 1 aromatic carbocycles. The van der Waals surface area contributed by atoms with Crippen molar-refractivity contribution in [3.63, 3.8) is 0 Å². The number of benzene rings is 1. The molecular weight excluding hydrogens is 224 g/mol. The summed E-state index contributed by atoms with van der Waals surface area (Å²) in [6.45, 7) is 0.846. The fourth-order valence-electron chi connectivity index (χ4n) is 1.38. The van der Waals surface area contributed by atoms with E-state index in [1.54, 1.807) is 18.2 Å². The van der Waals surface area contributed by atoms with E-state index in [0.29, 0.717) is 36.7 Å². The zero-order valence-corrected chi connectivity index (χ0v) is 9.63. The molecule has 0 aliphatic rings. The molecule has 3 N–H and O–H groups in total. The molecule has 0 aliphatic heterocycles. The fraction of sp³-hybridized carbons (Fsp3) is 0.500. The lowest BCUT2D eigenvalue weighted by molar-refractivity contribution is 0.0704. The van der Waals surface area contributed by atoms with Gasteiger partial charge in [-0.05, 0) is 23.3 Å². The molecule has 0 radical (unpaired) electrons. The first-order chi connectivity index (χ1) is 8.31. The number of hydrogen-bond acceptors (Lipinski definition) is 5. The minimum absolute atomic E-state index is 0.000141. The van der Waals surface area contributed by atoms with Gasteiger partial charge in [-0.1, -0.05) is 6.07 Å². The predicted octanol–water partition coefficient (Wildman–Crippen LogP) is 0.0589. The van der Waals surface area contributed by atoms with E-state index in [4.69, 9.17) is 24.8 Å². The second kappa shape index (κ2) is 8.03. The molecule has 5 heteroatoms. The quantitative estimate of drug-likeness (QED) is 0.562. The molecule has 5 nitrogen and oxygen atoms in total. The molecule has 0 spiro atoms. The molecule has 96 valence electrons. The van der Waals surface area contributed by atoms with Crippen LogP contribution in [0.1, 0.15) is 11.1 Å². The topological polar surface area (TPSA) is 79.2 Å². The van der Waals surface area contributed by atoms with Gasteiger partial charge in [0.25, 0.3) is 0 Å². The predicted molar refractivity (Wildman–Crippen MR) is 61.7 cm³/mol. The van der Waals surface area contributed by atoms with Crippen LogP contribution in [-0.4, -0.2) is 41.7 Å². The van der Waals surface area contributed by atoms with Crippen LogP contribution in [0.15, 0.2) is 18.2 Å². The van der Waals surface area contributed by atoms with Gasteiger partial charge in [-0.15, -0.1) is 0 Å². The normalized spacial score (nSPS) is 10.5. The van der Waals surface area contributed by atoms with E-state index in [-0.39, 0.29) is 19.8 Å². The maximum atomic E-state index is 9.10. The first-order valence-electron chi connectivity index (χ1n) is 5.46. The summed E-state index contributed by atoms with van der Waals surface area (Å²) in [7, 11) is 0. The second-order valence-electron chi connectivity index (χ2n) is 3.43. The van der Waals surface area contributed by atoms with Crippen molar-refractivity contribution < 1.29 is 24.8 Å². The van der Waals surface area contributed by atoms with Crippen LogP contribution in [0.3, 0.4) is 0 Å². The molecule has 1 rings (SSSR count). The van der Waals surface area contributed by atoms with E-state index in [2.05, 4.69) is 0 Å². The molecule has 0 saturated carbocycles. The summed E-state index contributed by atoms with van der Waals surface area (Å²) in [5.74, 6) is 0.624. The maximum Gasteiger partial charge on any atom is 0.119 e. The highest BCUT2D eigenvalue weighted by atomic mass is 16.5. The Bertz CT molecular complexity index is 327. The number of aliphatic hydroxyl groups is 3. The Balaban J connectivity index is 2.43. The first kappa shape index (κ1) is 13.9. The number of ether oxygens (including phenoxy) is 2. The Labute approximate surface area is 100 Å². The van der Waals surface area contributed by atoms with Crippen LogP contribution in [0.5, 0.6) is 5.75 Å². The van der Waals surface area contributed by atoms with Crippen LogP contribution in [-0.2, 0) is 18.0 Å². The summed E-state index contributed by atoms with van der Waals surface area (Å²) in [6, 6.07) is 5.14. The molecule has 17 heavy (non-hydrogen) atoms. The van der Waals surface area contributed by atoms with E-state index < -0.39 is 0 Å². The molecule has 1 aromatic rings. The minimum Gasteiger partial charge on any atom is -0.491 e. The van der Waals surface area contributed by atoms with Gasteiger partial charge < -0.3 is 24.8 Å². The van der Waals surface area contributed by atoms with E-state index in [9.17, 15) is 0 Å². The molecule has 0 unspecified atom stereocenters. The highest BCUT2D eigenvalue weighted by molar-refractivity contribution is 5.34. The Morgan fingerprint density at radius 1 is 0.882 bits per heavy atom.